The van der Waals surface area contributed by atoms with Crippen LogP contribution in [-0.4, -0.2) is 5.97 Å². The Bertz CT molecular complexity index is 630. The van der Waals surface area contributed by atoms with Crippen LogP contribution in [-0.2, 0) is 4.79 Å². The van der Waals surface area contributed by atoms with Gasteiger partial charge in [-0.1, -0.05) is 18.2 Å². The summed E-state index contributed by atoms with van der Waals surface area (Å²) in [4.78, 5) is 12.2. The van der Waals surface area contributed by atoms with Crippen molar-refractivity contribution in [3.63, 3.8) is 0 Å². The van der Waals surface area contributed by atoms with E-state index in [4.69, 9.17) is 9.47 Å². The van der Waals surface area contributed by atoms with E-state index < -0.39 is 23.4 Å². The Morgan fingerprint density at radius 3 is 2.29 bits per heavy atom. The van der Waals surface area contributed by atoms with Gasteiger partial charge in [-0.25, -0.2) is 0 Å². The zero-order chi connectivity index (χ0) is 17.5. The number of allylic oxidation sites excluding steroid dienone is 3. The average Bonchev–Trinajstić information content (AvgIpc) is 2.59. The second-order valence-corrected chi connectivity index (χ2v) is 5.84. The van der Waals surface area contributed by atoms with Crippen molar-refractivity contribution in [2.75, 3.05) is 0 Å². The van der Waals surface area contributed by atoms with E-state index >= 15 is 0 Å². The van der Waals surface area contributed by atoms with Gasteiger partial charge >= 0.3 is 5.97 Å². The first-order chi connectivity index (χ1) is 11.6. The fraction of sp³-hybridized carbons (Fsp3) is 0.421. The number of rotatable bonds is 5. The highest BCUT2D eigenvalue weighted by Crippen LogP contribution is 2.32. The molecule has 0 unspecified atom stereocenters. The van der Waals surface area contributed by atoms with Crippen LogP contribution in [0.15, 0.2) is 36.6 Å². The third-order valence-electron chi connectivity index (χ3n) is 4.12. The van der Waals surface area contributed by atoms with Gasteiger partial charge in [-0.05, 0) is 57.6 Å². The van der Waals surface area contributed by atoms with Crippen molar-refractivity contribution in [3.8, 4) is 11.5 Å². The minimum Gasteiger partial charge on any atom is -0.462 e. The fourth-order valence-corrected chi connectivity index (χ4v) is 2.84. The maximum Gasteiger partial charge on any atom is 0.314 e. The summed E-state index contributed by atoms with van der Waals surface area (Å²) in [7, 11) is 0. The lowest BCUT2D eigenvalue weighted by Crippen LogP contribution is -2.25. The van der Waals surface area contributed by atoms with Crippen molar-refractivity contribution in [2.45, 2.75) is 39.5 Å². The summed E-state index contributed by atoms with van der Waals surface area (Å²) in [6.45, 7) is 3.66. The number of esters is 1. The lowest BCUT2D eigenvalue weighted by molar-refractivity contribution is -0.140. The summed E-state index contributed by atoms with van der Waals surface area (Å²) in [6.07, 6.45) is 10.1. The van der Waals surface area contributed by atoms with Gasteiger partial charge < -0.3 is 9.47 Å². The summed E-state index contributed by atoms with van der Waals surface area (Å²) in [5.74, 6) is -3.33. The lowest BCUT2D eigenvalue weighted by Gasteiger charge is -2.25. The first-order valence-electron chi connectivity index (χ1n) is 8.17. The molecule has 0 aliphatic heterocycles. The molecule has 2 rings (SSSR count). The predicted octanol–water partition coefficient (Wildman–Crippen LogP) is 5.17. The van der Waals surface area contributed by atoms with Gasteiger partial charge in [0.15, 0.2) is 11.5 Å². The summed E-state index contributed by atoms with van der Waals surface area (Å²) < 4.78 is 37.9. The van der Waals surface area contributed by atoms with Crippen LogP contribution in [0.2, 0.25) is 0 Å². The topological polar surface area (TPSA) is 35.5 Å². The third kappa shape index (κ3) is 4.43. The molecule has 0 amide bonds. The van der Waals surface area contributed by atoms with E-state index in [-0.39, 0.29) is 11.7 Å². The smallest absolute Gasteiger partial charge is 0.314 e. The van der Waals surface area contributed by atoms with Crippen molar-refractivity contribution < 1.29 is 23.0 Å². The molecule has 0 saturated heterocycles. The molecule has 0 heterocycles. The van der Waals surface area contributed by atoms with Crippen molar-refractivity contribution in [2.24, 2.45) is 11.8 Å². The third-order valence-corrected chi connectivity index (χ3v) is 4.12. The number of carbonyl (C=O) groups is 1. The summed E-state index contributed by atoms with van der Waals surface area (Å²) in [5.41, 5.74) is 0. The van der Waals surface area contributed by atoms with Gasteiger partial charge in [0, 0.05) is 0 Å². The molecule has 0 aromatic heterocycles. The molecule has 0 radical (unpaired) electrons. The van der Waals surface area contributed by atoms with E-state index in [0.29, 0.717) is 18.8 Å². The van der Waals surface area contributed by atoms with Crippen molar-refractivity contribution in [3.05, 3.63) is 48.3 Å². The molecule has 3 nitrogen and oxygen atoms in total. The molecule has 130 valence electrons. The van der Waals surface area contributed by atoms with Gasteiger partial charge in [0.1, 0.15) is 0 Å². The number of hydrogen-bond donors (Lipinski definition) is 0. The van der Waals surface area contributed by atoms with E-state index in [1.165, 1.54) is 18.4 Å². The molecule has 0 atom stereocenters. The monoisotopic (exact) mass is 336 g/mol. The second kappa shape index (κ2) is 8.62. The van der Waals surface area contributed by atoms with Crippen molar-refractivity contribution in [1.29, 1.82) is 0 Å². The quantitative estimate of drug-likeness (QED) is 0.322. The Kier molecular flexibility index (Phi) is 6.53. The second-order valence-electron chi connectivity index (χ2n) is 5.84. The molecule has 1 saturated carbocycles. The van der Waals surface area contributed by atoms with Crippen LogP contribution >= 0.6 is 0 Å². The summed E-state index contributed by atoms with van der Waals surface area (Å²) >= 11 is 0. The van der Waals surface area contributed by atoms with Gasteiger partial charge in [0.25, 0.3) is 0 Å². The Labute approximate surface area is 141 Å². The average molecular weight is 336 g/mol. The van der Waals surface area contributed by atoms with Gasteiger partial charge in [-0.3, -0.25) is 4.79 Å². The first-order valence-corrected chi connectivity index (χ1v) is 8.17. The minimum absolute atomic E-state index is 0.253. The molecule has 0 bridgehead atoms. The fourth-order valence-electron chi connectivity index (χ4n) is 2.84. The predicted molar refractivity (Wildman–Crippen MR) is 87.7 cm³/mol. The first kappa shape index (κ1) is 18.2. The molecule has 1 aliphatic rings. The lowest BCUT2D eigenvalue weighted by atomic mass is 9.82. The van der Waals surface area contributed by atoms with Crippen molar-refractivity contribution >= 4 is 5.97 Å². The highest BCUT2D eigenvalue weighted by atomic mass is 19.2. The van der Waals surface area contributed by atoms with Gasteiger partial charge in [0.2, 0.25) is 11.6 Å². The van der Waals surface area contributed by atoms with E-state index in [1.807, 2.05) is 13.0 Å². The molecular formula is C19H22F2O3. The standard InChI is InChI=1S/C19H22F2O3/c1-3-5-13-6-8-14(9-7-13)19(22)24-16-11-10-15(23-12-4-2)17(20)18(16)21/h3-5,10-14H,6-9H2,1-2H3/b5-3+,12-4+. The molecule has 0 N–H and O–H groups in total. The van der Waals surface area contributed by atoms with Crippen LogP contribution in [0.1, 0.15) is 39.5 Å². The summed E-state index contributed by atoms with van der Waals surface area (Å²) in [6, 6.07) is 2.45. The normalized spacial score (nSPS) is 21.3. The van der Waals surface area contributed by atoms with Crippen molar-refractivity contribution in [1.82, 2.24) is 0 Å². The number of halogens is 2. The Hall–Kier alpha value is -2.17. The molecule has 5 heteroatoms. The zero-order valence-corrected chi connectivity index (χ0v) is 13.9. The zero-order valence-electron chi connectivity index (χ0n) is 13.9. The SMILES string of the molecule is C/C=C/Oc1ccc(OC(=O)C2CCC(/C=C/C)CC2)c(F)c1F. The Morgan fingerprint density at radius 2 is 1.67 bits per heavy atom. The van der Waals surface area contributed by atoms with Gasteiger partial charge in [0.05, 0.1) is 12.2 Å². The molecule has 0 spiro atoms. The molecular weight excluding hydrogens is 314 g/mol. The highest BCUT2D eigenvalue weighted by Gasteiger charge is 2.28. The molecule has 1 aliphatic carbocycles. The Morgan fingerprint density at radius 1 is 1.04 bits per heavy atom. The maximum absolute atomic E-state index is 14.0. The van der Waals surface area contributed by atoms with Crippen LogP contribution < -0.4 is 9.47 Å². The molecule has 1 fully saturated rings. The van der Waals surface area contributed by atoms with E-state index in [0.717, 1.165) is 12.8 Å². The Balaban J connectivity index is 2.00. The summed E-state index contributed by atoms with van der Waals surface area (Å²) in [5, 5.41) is 0. The van der Waals surface area contributed by atoms with Crippen LogP contribution in [0, 0.1) is 23.5 Å². The van der Waals surface area contributed by atoms with Gasteiger partial charge in [-0.15, -0.1) is 0 Å². The minimum atomic E-state index is -1.21. The van der Waals surface area contributed by atoms with Gasteiger partial charge in [-0.2, -0.15) is 8.78 Å². The van der Waals surface area contributed by atoms with Crippen LogP contribution in [0.4, 0.5) is 8.78 Å². The molecule has 1 aromatic carbocycles. The molecule has 1 aromatic rings. The van der Waals surface area contributed by atoms with Crippen LogP contribution in [0.5, 0.6) is 11.5 Å². The molecule has 24 heavy (non-hydrogen) atoms. The largest absolute Gasteiger partial charge is 0.462 e. The number of carbonyl (C=O) groups excluding carboxylic acids is 1. The highest BCUT2D eigenvalue weighted by molar-refractivity contribution is 5.75. The van der Waals surface area contributed by atoms with Crippen LogP contribution in [0.3, 0.4) is 0 Å². The van der Waals surface area contributed by atoms with Crippen LogP contribution in [0.25, 0.3) is 0 Å². The number of hydrogen-bond acceptors (Lipinski definition) is 3. The number of ether oxygens (including phenoxy) is 2. The maximum atomic E-state index is 14.0. The number of benzene rings is 1. The van der Waals surface area contributed by atoms with E-state index in [1.54, 1.807) is 13.0 Å². The van der Waals surface area contributed by atoms with E-state index in [9.17, 15) is 13.6 Å². The van der Waals surface area contributed by atoms with E-state index in [2.05, 4.69) is 6.08 Å².